The van der Waals surface area contributed by atoms with Gasteiger partial charge in [0.2, 0.25) is 0 Å². The summed E-state index contributed by atoms with van der Waals surface area (Å²) in [6, 6.07) is 4.18. The summed E-state index contributed by atoms with van der Waals surface area (Å²) >= 11 is 0. The molecular formula is C13H12N4O3. The minimum Gasteiger partial charge on any atom is -0.478 e. The molecule has 0 fully saturated rings. The molecule has 0 radical (unpaired) electrons. The molecule has 2 rings (SSSR count). The molecule has 0 aliphatic heterocycles. The summed E-state index contributed by atoms with van der Waals surface area (Å²) < 4.78 is 0. The Morgan fingerprint density at radius 1 is 1.15 bits per heavy atom. The lowest BCUT2D eigenvalue weighted by Crippen LogP contribution is -2.20. The number of nitrogens with one attached hydrogen (secondary N) is 2. The Labute approximate surface area is 114 Å². The van der Waals surface area contributed by atoms with Crippen LogP contribution in [0.5, 0.6) is 0 Å². The fourth-order valence-electron chi connectivity index (χ4n) is 1.65. The first-order valence-electron chi connectivity index (χ1n) is 5.74. The smallest absolute Gasteiger partial charge is 0.336 e. The number of aromatic nitrogens is 2. The van der Waals surface area contributed by atoms with Crippen LogP contribution in [0.1, 0.15) is 15.9 Å². The highest BCUT2D eigenvalue weighted by Crippen LogP contribution is 2.19. The molecule has 0 atom stereocenters. The zero-order valence-electron chi connectivity index (χ0n) is 10.6. The number of anilines is 2. The van der Waals surface area contributed by atoms with Crippen molar-refractivity contribution in [3.63, 3.8) is 0 Å². The summed E-state index contributed by atoms with van der Waals surface area (Å²) in [7, 11) is 0. The van der Waals surface area contributed by atoms with E-state index < -0.39 is 12.0 Å². The third-order valence-electron chi connectivity index (χ3n) is 2.63. The van der Waals surface area contributed by atoms with Crippen molar-refractivity contribution >= 4 is 23.4 Å². The Balaban J connectivity index is 2.12. The molecule has 20 heavy (non-hydrogen) atoms. The lowest BCUT2D eigenvalue weighted by atomic mass is 10.1. The fourth-order valence-corrected chi connectivity index (χ4v) is 1.65. The molecule has 7 nitrogen and oxygen atoms in total. The van der Waals surface area contributed by atoms with Crippen LogP contribution in [0.25, 0.3) is 0 Å². The Morgan fingerprint density at radius 2 is 1.85 bits per heavy atom. The number of benzene rings is 1. The Kier molecular flexibility index (Phi) is 3.90. The number of rotatable bonds is 3. The predicted octanol–water partition coefficient (Wildman–Crippen LogP) is 2.13. The molecule has 0 unspecified atom stereocenters. The Hall–Kier alpha value is -2.96. The molecule has 2 amide bonds. The number of carbonyl (C=O) groups is 2. The van der Waals surface area contributed by atoms with Crippen LogP contribution < -0.4 is 10.6 Å². The fraction of sp³-hybridized carbons (Fsp3) is 0.0769. The molecule has 7 heteroatoms. The number of carbonyl (C=O) groups excluding carboxylic acids is 1. The first-order chi connectivity index (χ1) is 9.58. The van der Waals surface area contributed by atoms with Gasteiger partial charge in [-0.05, 0) is 24.6 Å². The van der Waals surface area contributed by atoms with Crippen LogP contribution in [0.15, 0.2) is 36.9 Å². The summed E-state index contributed by atoms with van der Waals surface area (Å²) in [5.41, 5.74) is 1.50. The van der Waals surface area contributed by atoms with Gasteiger partial charge in [-0.3, -0.25) is 0 Å². The second kappa shape index (κ2) is 5.79. The van der Waals surface area contributed by atoms with E-state index in [2.05, 4.69) is 20.6 Å². The van der Waals surface area contributed by atoms with E-state index in [1.807, 2.05) is 0 Å². The minimum atomic E-state index is -1.04. The van der Waals surface area contributed by atoms with Crippen molar-refractivity contribution in [2.24, 2.45) is 0 Å². The van der Waals surface area contributed by atoms with Gasteiger partial charge in [-0.15, -0.1) is 0 Å². The highest BCUT2D eigenvalue weighted by atomic mass is 16.4. The Bertz CT molecular complexity index is 643. The molecule has 102 valence electrons. The van der Waals surface area contributed by atoms with Gasteiger partial charge in [0.15, 0.2) is 0 Å². The molecule has 0 aliphatic rings. The normalized spacial score (nSPS) is 9.85. The van der Waals surface area contributed by atoms with Crippen molar-refractivity contribution in [3.8, 4) is 0 Å². The van der Waals surface area contributed by atoms with Gasteiger partial charge in [0, 0.05) is 5.69 Å². The second-order valence-electron chi connectivity index (χ2n) is 3.99. The van der Waals surface area contributed by atoms with Gasteiger partial charge in [-0.1, -0.05) is 6.07 Å². The van der Waals surface area contributed by atoms with Gasteiger partial charge in [0.05, 0.1) is 23.6 Å². The van der Waals surface area contributed by atoms with Gasteiger partial charge in [0.25, 0.3) is 0 Å². The number of amides is 2. The zero-order valence-corrected chi connectivity index (χ0v) is 10.6. The van der Waals surface area contributed by atoms with E-state index in [1.54, 1.807) is 19.1 Å². The maximum Gasteiger partial charge on any atom is 0.336 e. The topological polar surface area (TPSA) is 104 Å². The number of hydrogen-bond donors (Lipinski definition) is 3. The number of nitrogens with zero attached hydrogens (tertiary/aromatic N) is 2. The number of hydrogen-bond acceptors (Lipinski definition) is 4. The van der Waals surface area contributed by atoms with Crippen molar-refractivity contribution in [2.45, 2.75) is 6.92 Å². The van der Waals surface area contributed by atoms with E-state index in [0.29, 0.717) is 16.9 Å². The van der Waals surface area contributed by atoms with E-state index in [9.17, 15) is 9.59 Å². The average molecular weight is 272 g/mol. The molecule has 1 aromatic carbocycles. The van der Waals surface area contributed by atoms with Crippen LogP contribution in [0.4, 0.5) is 16.2 Å². The predicted molar refractivity (Wildman–Crippen MR) is 72.8 cm³/mol. The monoisotopic (exact) mass is 272 g/mol. The van der Waals surface area contributed by atoms with Crippen LogP contribution in [-0.2, 0) is 0 Å². The molecule has 0 saturated carbocycles. The number of carboxylic acids is 1. The van der Waals surface area contributed by atoms with E-state index in [0.717, 1.165) is 0 Å². The SMILES string of the molecule is Cc1c(NC(=O)Nc2cncnc2)cccc1C(=O)O. The van der Waals surface area contributed by atoms with Gasteiger partial charge in [0.1, 0.15) is 6.33 Å². The van der Waals surface area contributed by atoms with Crippen LogP contribution in [-0.4, -0.2) is 27.1 Å². The maximum absolute atomic E-state index is 11.8. The number of aromatic carboxylic acids is 1. The lowest BCUT2D eigenvalue weighted by molar-refractivity contribution is 0.0696. The molecule has 1 heterocycles. The molecule has 0 bridgehead atoms. The van der Waals surface area contributed by atoms with Crippen LogP contribution in [0.2, 0.25) is 0 Å². The molecule has 0 aliphatic carbocycles. The van der Waals surface area contributed by atoms with E-state index in [1.165, 1.54) is 24.8 Å². The molecule has 2 aromatic rings. The van der Waals surface area contributed by atoms with Crippen LogP contribution >= 0.6 is 0 Å². The molecule has 0 spiro atoms. The minimum absolute atomic E-state index is 0.144. The molecular weight excluding hydrogens is 260 g/mol. The summed E-state index contributed by atoms with van der Waals surface area (Å²) in [4.78, 5) is 30.3. The molecule has 0 saturated heterocycles. The largest absolute Gasteiger partial charge is 0.478 e. The van der Waals surface area contributed by atoms with Crippen LogP contribution in [0, 0.1) is 6.92 Å². The van der Waals surface area contributed by atoms with Gasteiger partial charge < -0.3 is 15.7 Å². The molecule has 3 N–H and O–H groups in total. The average Bonchev–Trinajstić information content (AvgIpc) is 2.42. The van der Waals surface area contributed by atoms with Crippen molar-refractivity contribution in [1.82, 2.24) is 9.97 Å². The number of carboxylic acid groups (broad SMARTS) is 1. The Morgan fingerprint density at radius 3 is 2.50 bits per heavy atom. The number of urea groups is 1. The van der Waals surface area contributed by atoms with Gasteiger partial charge in [-0.25, -0.2) is 19.6 Å². The van der Waals surface area contributed by atoms with E-state index >= 15 is 0 Å². The first-order valence-corrected chi connectivity index (χ1v) is 5.74. The third-order valence-corrected chi connectivity index (χ3v) is 2.63. The van der Waals surface area contributed by atoms with Crippen molar-refractivity contribution in [2.75, 3.05) is 10.6 Å². The highest BCUT2D eigenvalue weighted by Gasteiger charge is 2.11. The summed E-state index contributed by atoms with van der Waals surface area (Å²) in [6.07, 6.45) is 4.25. The van der Waals surface area contributed by atoms with E-state index in [4.69, 9.17) is 5.11 Å². The van der Waals surface area contributed by atoms with E-state index in [-0.39, 0.29) is 5.56 Å². The van der Waals surface area contributed by atoms with Gasteiger partial charge in [-0.2, -0.15) is 0 Å². The lowest BCUT2D eigenvalue weighted by Gasteiger charge is -2.11. The van der Waals surface area contributed by atoms with Crippen LogP contribution in [0.3, 0.4) is 0 Å². The molecule has 1 aromatic heterocycles. The summed E-state index contributed by atoms with van der Waals surface area (Å²) in [5.74, 6) is -1.04. The summed E-state index contributed by atoms with van der Waals surface area (Å²) in [6.45, 7) is 1.63. The first kappa shape index (κ1) is 13.5. The quantitative estimate of drug-likeness (QED) is 0.793. The summed E-state index contributed by atoms with van der Waals surface area (Å²) in [5, 5.41) is 14.1. The maximum atomic E-state index is 11.8. The zero-order chi connectivity index (χ0) is 14.5. The standard InChI is InChI=1S/C13H12N4O3/c1-8-10(12(18)19)3-2-4-11(8)17-13(20)16-9-5-14-7-15-6-9/h2-7H,1H3,(H,18,19)(H2,16,17,20). The highest BCUT2D eigenvalue weighted by molar-refractivity contribution is 6.01. The third kappa shape index (κ3) is 3.08. The van der Waals surface area contributed by atoms with Crippen molar-refractivity contribution in [3.05, 3.63) is 48.0 Å². The van der Waals surface area contributed by atoms with Gasteiger partial charge >= 0.3 is 12.0 Å². The van der Waals surface area contributed by atoms with Crippen molar-refractivity contribution < 1.29 is 14.7 Å². The second-order valence-corrected chi connectivity index (χ2v) is 3.99. The van der Waals surface area contributed by atoms with Crippen molar-refractivity contribution in [1.29, 1.82) is 0 Å².